The highest BCUT2D eigenvalue weighted by atomic mass is 127. The van der Waals surface area contributed by atoms with Gasteiger partial charge in [0.1, 0.15) is 5.75 Å². The summed E-state index contributed by atoms with van der Waals surface area (Å²) in [5.74, 6) is 0.489. The van der Waals surface area contributed by atoms with E-state index in [2.05, 4.69) is 27.9 Å². The van der Waals surface area contributed by atoms with Crippen LogP contribution in [0.25, 0.3) is 0 Å². The lowest BCUT2D eigenvalue weighted by Gasteiger charge is -2.20. The fraction of sp³-hybridized carbons (Fsp3) is 0.417. The van der Waals surface area contributed by atoms with Crippen molar-refractivity contribution in [1.82, 2.24) is 5.32 Å². The first kappa shape index (κ1) is 14.6. The van der Waals surface area contributed by atoms with Crippen LogP contribution in [0.2, 0.25) is 5.02 Å². The van der Waals surface area contributed by atoms with Gasteiger partial charge in [-0.05, 0) is 62.4 Å². The number of hydrogen-bond acceptors (Lipinski definition) is 2. The lowest BCUT2D eigenvalue weighted by Crippen LogP contribution is -2.42. The first-order valence-corrected chi connectivity index (χ1v) is 6.60. The van der Waals surface area contributed by atoms with Gasteiger partial charge in [0.05, 0.1) is 0 Å². The molecule has 1 aromatic rings. The molecule has 0 bridgehead atoms. The summed E-state index contributed by atoms with van der Waals surface area (Å²) in [5, 5.41) is 3.28. The van der Waals surface area contributed by atoms with Crippen molar-refractivity contribution >= 4 is 40.3 Å². The Labute approximate surface area is 120 Å². The summed E-state index contributed by atoms with van der Waals surface area (Å²) >= 11 is 8.08. The van der Waals surface area contributed by atoms with Gasteiger partial charge in [-0.15, -0.1) is 0 Å². The number of nitrogens with one attached hydrogen (secondary N) is 1. The molecule has 0 aliphatic heterocycles. The summed E-state index contributed by atoms with van der Waals surface area (Å²) in [7, 11) is 0. The predicted molar refractivity (Wildman–Crippen MR) is 77.8 cm³/mol. The Balaban J connectivity index is 2.85. The van der Waals surface area contributed by atoms with E-state index in [0.717, 1.165) is 9.13 Å². The summed E-state index contributed by atoms with van der Waals surface area (Å²) in [4.78, 5) is 11.6. The highest BCUT2D eigenvalue weighted by molar-refractivity contribution is 14.1. The molecule has 3 nitrogen and oxygen atoms in total. The maximum atomic E-state index is 11.6. The predicted octanol–water partition coefficient (Wildman–Crippen LogP) is 4.14. The zero-order valence-corrected chi connectivity index (χ0v) is 13.1. The van der Waals surface area contributed by atoms with Crippen LogP contribution in [-0.4, -0.2) is 11.6 Å². The average molecular weight is 368 g/mol. The second-order valence-electron chi connectivity index (χ2n) is 4.78. The summed E-state index contributed by atoms with van der Waals surface area (Å²) in [5.41, 5.74) is 0.579. The lowest BCUT2D eigenvalue weighted by atomic mass is 10.1. The Kier molecular flexibility index (Phi) is 4.66. The molecule has 0 saturated carbocycles. The smallest absolute Gasteiger partial charge is 0.410 e. The molecular formula is C12H15ClINO2. The molecule has 0 aliphatic carbocycles. The molecule has 1 aromatic carbocycles. The third kappa shape index (κ3) is 4.71. The third-order valence-corrected chi connectivity index (χ3v) is 3.28. The van der Waals surface area contributed by atoms with E-state index in [-0.39, 0.29) is 5.54 Å². The molecule has 1 amide bonds. The molecule has 0 heterocycles. The normalized spacial score (nSPS) is 11.2. The van der Waals surface area contributed by atoms with E-state index in [9.17, 15) is 4.79 Å². The minimum absolute atomic E-state index is 0.323. The van der Waals surface area contributed by atoms with Crippen LogP contribution in [0.4, 0.5) is 4.79 Å². The Hall–Kier alpha value is -0.490. The Morgan fingerprint density at radius 1 is 1.41 bits per heavy atom. The molecule has 0 aliphatic rings. The van der Waals surface area contributed by atoms with Crippen molar-refractivity contribution in [2.24, 2.45) is 0 Å². The van der Waals surface area contributed by atoms with Crippen LogP contribution >= 0.6 is 34.2 Å². The van der Waals surface area contributed by atoms with E-state index in [1.165, 1.54) is 0 Å². The van der Waals surface area contributed by atoms with Gasteiger partial charge in [-0.25, -0.2) is 4.79 Å². The molecule has 0 atom stereocenters. The number of hydrogen-bond donors (Lipinski definition) is 1. The molecule has 5 heteroatoms. The first-order valence-electron chi connectivity index (χ1n) is 5.15. The summed E-state index contributed by atoms with van der Waals surface area (Å²) in [6.07, 6.45) is -0.473. The van der Waals surface area contributed by atoms with E-state index in [4.69, 9.17) is 16.3 Å². The standard InChI is InChI=1S/C12H15ClINO2/c1-7-9(14)5-8(13)6-10(7)17-11(16)15-12(2,3)4/h5-6H,1-4H3,(H,15,16). The highest BCUT2D eigenvalue weighted by Gasteiger charge is 2.16. The van der Waals surface area contributed by atoms with Crippen LogP contribution in [-0.2, 0) is 0 Å². The van der Waals surface area contributed by atoms with Crippen LogP contribution in [0, 0.1) is 10.5 Å². The Bertz CT molecular complexity index is 441. The van der Waals surface area contributed by atoms with Gasteiger partial charge >= 0.3 is 6.09 Å². The molecule has 0 fully saturated rings. The quantitative estimate of drug-likeness (QED) is 0.758. The molecule has 1 rings (SSSR count). The van der Waals surface area contributed by atoms with Gasteiger partial charge in [-0.2, -0.15) is 0 Å². The van der Waals surface area contributed by atoms with E-state index < -0.39 is 6.09 Å². The van der Waals surface area contributed by atoms with Gasteiger partial charge in [0.25, 0.3) is 0 Å². The van der Waals surface area contributed by atoms with Gasteiger partial charge in [-0.3, -0.25) is 0 Å². The van der Waals surface area contributed by atoms with Gasteiger partial charge in [0.15, 0.2) is 0 Å². The SMILES string of the molecule is Cc1c(I)cc(Cl)cc1OC(=O)NC(C)(C)C. The number of carbonyl (C=O) groups is 1. The number of ether oxygens (including phenoxy) is 1. The van der Waals surface area contributed by atoms with Crippen LogP contribution < -0.4 is 10.1 Å². The molecule has 0 radical (unpaired) electrons. The maximum Gasteiger partial charge on any atom is 0.413 e. The average Bonchev–Trinajstić information content (AvgIpc) is 2.10. The topological polar surface area (TPSA) is 38.3 Å². The van der Waals surface area contributed by atoms with Crippen LogP contribution in [0.5, 0.6) is 5.75 Å². The minimum Gasteiger partial charge on any atom is -0.410 e. The molecule has 17 heavy (non-hydrogen) atoms. The van der Waals surface area contributed by atoms with Crippen molar-refractivity contribution in [3.63, 3.8) is 0 Å². The molecule has 94 valence electrons. The first-order chi connectivity index (χ1) is 7.69. The van der Waals surface area contributed by atoms with Crippen LogP contribution in [0.15, 0.2) is 12.1 Å². The van der Waals surface area contributed by atoms with Crippen molar-refractivity contribution in [3.8, 4) is 5.75 Å². The van der Waals surface area contributed by atoms with Gasteiger partial charge in [-0.1, -0.05) is 11.6 Å². The maximum absolute atomic E-state index is 11.6. The van der Waals surface area contributed by atoms with Crippen molar-refractivity contribution in [2.45, 2.75) is 33.2 Å². The summed E-state index contributed by atoms with van der Waals surface area (Å²) < 4.78 is 6.21. The number of halogens is 2. The van der Waals surface area contributed by atoms with E-state index >= 15 is 0 Å². The molecule has 1 N–H and O–H groups in total. The van der Waals surface area contributed by atoms with Crippen molar-refractivity contribution in [3.05, 3.63) is 26.3 Å². The van der Waals surface area contributed by atoms with Gasteiger partial charge < -0.3 is 10.1 Å². The van der Waals surface area contributed by atoms with Crippen molar-refractivity contribution in [2.75, 3.05) is 0 Å². The minimum atomic E-state index is -0.473. The Morgan fingerprint density at radius 3 is 2.53 bits per heavy atom. The van der Waals surface area contributed by atoms with E-state index in [1.807, 2.05) is 33.8 Å². The number of carbonyl (C=O) groups excluding carboxylic acids is 1. The monoisotopic (exact) mass is 367 g/mol. The van der Waals surface area contributed by atoms with Crippen molar-refractivity contribution in [1.29, 1.82) is 0 Å². The zero-order chi connectivity index (χ0) is 13.2. The molecule has 0 unspecified atom stereocenters. The fourth-order valence-corrected chi connectivity index (χ4v) is 2.15. The van der Waals surface area contributed by atoms with Gasteiger partial charge in [0.2, 0.25) is 0 Å². The molecule has 0 saturated heterocycles. The van der Waals surface area contributed by atoms with Gasteiger partial charge in [0, 0.05) is 19.7 Å². The molecule has 0 aromatic heterocycles. The molecular weight excluding hydrogens is 352 g/mol. The largest absolute Gasteiger partial charge is 0.413 e. The summed E-state index contributed by atoms with van der Waals surface area (Å²) in [6.45, 7) is 7.56. The molecule has 0 spiro atoms. The Morgan fingerprint density at radius 2 is 2.00 bits per heavy atom. The fourth-order valence-electron chi connectivity index (χ4n) is 1.16. The van der Waals surface area contributed by atoms with E-state index in [0.29, 0.717) is 10.8 Å². The zero-order valence-electron chi connectivity index (χ0n) is 10.2. The number of amides is 1. The second kappa shape index (κ2) is 5.44. The lowest BCUT2D eigenvalue weighted by molar-refractivity contribution is 0.190. The number of benzene rings is 1. The van der Waals surface area contributed by atoms with Crippen molar-refractivity contribution < 1.29 is 9.53 Å². The number of rotatable bonds is 1. The van der Waals surface area contributed by atoms with Crippen LogP contribution in [0.3, 0.4) is 0 Å². The third-order valence-electron chi connectivity index (χ3n) is 1.94. The summed E-state index contributed by atoms with van der Waals surface area (Å²) in [6, 6.07) is 3.47. The highest BCUT2D eigenvalue weighted by Crippen LogP contribution is 2.28. The van der Waals surface area contributed by atoms with Crippen LogP contribution in [0.1, 0.15) is 26.3 Å². The second-order valence-corrected chi connectivity index (χ2v) is 6.37. The van der Waals surface area contributed by atoms with E-state index in [1.54, 1.807) is 6.07 Å².